The van der Waals surface area contributed by atoms with E-state index in [1.54, 1.807) is 12.4 Å². The number of carbonyl (C=O) groups is 1. The Balaban J connectivity index is 1.49. The number of amides is 1. The molecule has 1 atom stereocenters. The zero-order chi connectivity index (χ0) is 19.1. The van der Waals surface area contributed by atoms with Crippen molar-refractivity contribution in [3.8, 4) is 16.9 Å². The average molecular weight is 372 g/mol. The molecule has 2 aliphatic heterocycles. The standard InChI is InChI=1S/C22H20N4O2/c1-14-18-11-21(25-15-4-2-8-23-12-15)24-13-19(18)17-7-6-16(10-20(17)28-14)26-9-3-5-22(26)27/h2,4,6-8,10-14H,3,5,9H2,1H3,(H,24,25)/t14-/m0/s1. The third kappa shape index (κ3) is 2.87. The summed E-state index contributed by atoms with van der Waals surface area (Å²) in [6, 6.07) is 11.8. The number of rotatable bonds is 3. The summed E-state index contributed by atoms with van der Waals surface area (Å²) < 4.78 is 6.19. The van der Waals surface area contributed by atoms with Crippen LogP contribution in [0.15, 0.2) is 55.0 Å². The molecule has 140 valence electrons. The van der Waals surface area contributed by atoms with Crippen LogP contribution in [0.25, 0.3) is 11.1 Å². The Morgan fingerprint density at radius 1 is 1.18 bits per heavy atom. The zero-order valence-corrected chi connectivity index (χ0v) is 15.6. The molecule has 2 aromatic heterocycles. The molecule has 1 amide bonds. The minimum Gasteiger partial charge on any atom is -0.485 e. The summed E-state index contributed by atoms with van der Waals surface area (Å²) in [6.45, 7) is 2.80. The normalized spacial score (nSPS) is 17.7. The smallest absolute Gasteiger partial charge is 0.227 e. The minimum atomic E-state index is -0.107. The molecule has 0 saturated carbocycles. The first-order valence-electron chi connectivity index (χ1n) is 9.47. The second-order valence-electron chi connectivity index (χ2n) is 7.11. The van der Waals surface area contributed by atoms with E-state index in [1.807, 2.05) is 54.4 Å². The number of ether oxygens (including phenoxy) is 1. The van der Waals surface area contributed by atoms with Crippen molar-refractivity contribution < 1.29 is 9.53 Å². The van der Waals surface area contributed by atoms with Crippen molar-refractivity contribution in [1.29, 1.82) is 0 Å². The molecule has 5 rings (SSSR count). The van der Waals surface area contributed by atoms with Crippen molar-refractivity contribution in [2.75, 3.05) is 16.8 Å². The number of aromatic nitrogens is 2. The van der Waals surface area contributed by atoms with Crippen molar-refractivity contribution in [2.45, 2.75) is 25.9 Å². The molecule has 6 heteroatoms. The van der Waals surface area contributed by atoms with Crippen LogP contribution in [0.5, 0.6) is 5.75 Å². The molecular formula is C22H20N4O2. The molecule has 0 spiro atoms. The number of hydrogen-bond donors (Lipinski definition) is 1. The van der Waals surface area contributed by atoms with E-state index in [2.05, 4.69) is 15.3 Å². The SMILES string of the molecule is C[C@@H]1Oc2cc(N3CCCC3=O)ccc2-c2cnc(Nc3cccnc3)cc21. The molecule has 2 aliphatic rings. The number of anilines is 3. The number of hydrogen-bond acceptors (Lipinski definition) is 5. The van der Waals surface area contributed by atoms with E-state index in [0.29, 0.717) is 6.42 Å². The predicted octanol–water partition coefficient (Wildman–Crippen LogP) is 4.47. The van der Waals surface area contributed by atoms with Crippen molar-refractivity contribution in [3.63, 3.8) is 0 Å². The second-order valence-corrected chi connectivity index (χ2v) is 7.11. The fraction of sp³-hybridized carbons (Fsp3) is 0.227. The van der Waals surface area contributed by atoms with Gasteiger partial charge in [0.05, 0.1) is 11.9 Å². The summed E-state index contributed by atoms with van der Waals surface area (Å²) in [6.07, 6.45) is 6.80. The van der Waals surface area contributed by atoms with Crippen LogP contribution >= 0.6 is 0 Å². The number of nitrogens with one attached hydrogen (secondary N) is 1. The highest BCUT2D eigenvalue weighted by atomic mass is 16.5. The maximum absolute atomic E-state index is 12.1. The third-order valence-corrected chi connectivity index (χ3v) is 5.25. The Morgan fingerprint density at radius 3 is 2.89 bits per heavy atom. The largest absolute Gasteiger partial charge is 0.485 e. The molecule has 4 heterocycles. The number of pyridine rings is 2. The van der Waals surface area contributed by atoms with Crippen molar-refractivity contribution >= 4 is 23.1 Å². The van der Waals surface area contributed by atoms with Gasteiger partial charge in [0.1, 0.15) is 17.7 Å². The third-order valence-electron chi connectivity index (χ3n) is 5.25. The Kier molecular flexibility index (Phi) is 3.97. The highest BCUT2D eigenvalue weighted by Gasteiger charge is 2.27. The quantitative estimate of drug-likeness (QED) is 0.735. The molecule has 1 aromatic carbocycles. The van der Waals surface area contributed by atoms with Crippen LogP contribution in [0.2, 0.25) is 0 Å². The van der Waals surface area contributed by atoms with Crippen LogP contribution in [-0.4, -0.2) is 22.4 Å². The minimum absolute atomic E-state index is 0.107. The van der Waals surface area contributed by atoms with E-state index < -0.39 is 0 Å². The Labute approximate surface area is 163 Å². The molecule has 0 aliphatic carbocycles. The monoisotopic (exact) mass is 372 g/mol. The Hall–Kier alpha value is -3.41. The van der Waals surface area contributed by atoms with Gasteiger partial charge in [-0.25, -0.2) is 4.98 Å². The summed E-state index contributed by atoms with van der Waals surface area (Å²) in [4.78, 5) is 22.6. The van der Waals surface area contributed by atoms with Gasteiger partial charge in [-0.1, -0.05) is 0 Å². The lowest BCUT2D eigenvalue weighted by Gasteiger charge is -2.28. The number of fused-ring (bicyclic) bond motifs is 3. The van der Waals surface area contributed by atoms with E-state index >= 15 is 0 Å². The summed E-state index contributed by atoms with van der Waals surface area (Å²) in [7, 11) is 0. The van der Waals surface area contributed by atoms with Crippen LogP contribution in [0.1, 0.15) is 31.4 Å². The van der Waals surface area contributed by atoms with Gasteiger partial charge in [-0.15, -0.1) is 0 Å². The number of benzene rings is 1. The van der Waals surface area contributed by atoms with Crippen LogP contribution < -0.4 is 15.0 Å². The molecule has 0 radical (unpaired) electrons. The molecule has 0 bridgehead atoms. The second kappa shape index (κ2) is 6.64. The average Bonchev–Trinajstić information content (AvgIpc) is 3.14. The van der Waals surface area contributed by atoms with Gasteiger partial charge in [0.2, 0.25) is 5.91 Å². The van der Waals surface area contributed by atoms with Gasteiger partial charge >= 0.3 is 0 Å². The summed E-state index contributed by atoms with van der Waals surface area (Å²) in [5.74, 6) is 1.73. The van der Waals surface area contributed by atoms with E-state index in [4.69, 9.17) is 4.74 Å². The predicted molar refractivity (Wildman–Crippen MR) is 108 cm³/mol. The fourth-order valence-corrected chi connectivity index (χ4v) is 3.86. The lowest BCUT2D eigenvalue weighted by atomic mass is 9.94. The van der Waals surface area contributed by atoms with E-state index in [9.17, 15) is 4.79 Å². The van der Waals surface area contributed by atoms with Crippen molar-refractivity contribution in [2.24, 2.45) is 0 Å². The zero-order valence-electron chi connectivity index (χ0n) is 15.6. The maximum atomic E-state index is 12.1. The Morgan fingerprint density at radius 2 is 2.11 bits per heavy atom. The first-order valence-corrected chi connectivity index (χ1v) is 9.47. The van der Waals surface area contributed by atoms with Gasteiger partial charge in [-0.05, 0) is 43.7 Å². The topological polar surface area (TPSA) is 67.3 Å². The van der Waals surface area contributed by atoms with Gasteiger partial charge < -0.3 is 15.0 Å². The molecule has 1 N–H and O–H groups in total. The molecule has 1 fully saturated rings. The number of nitrogens with zero attached hydrogens (tertiary/aromatic N) is 3. The van der Waals surface area contributed by atoms with Gasteiger partial charge in [-0.3, -0.25) is 9.78 Å². The lowest BCUT2D eigenvalue weighted by molar-refractivity contribution is -0.117. The maximum Gasteiger partial charge on any atom is 0.227 e. The highest BCUT2D eigenvalue weighted by molar-refractivity contribution is 5.96. The fourth-order valence-electron chi connectivity index (χ4n) is 3.86. The summed E-state index contributed by atoms with van der Waals surface area (Å²) in [5, 5.41) is 3.28. The summed E-state index contributed by atoms with van der Waals surface area (Å²) in [5.41, 5.74) is 4.94. The molecule has 3 aromatic rings. The first kappa shape index (κ1) is 16.7. The van der Waals surface area contributed by atoms with Gasteiger partial charge in [0.15, 0.2) is 0 Å². The first-order chi connectivity index (χ1) is 13.7. The Bertz CT molecular complexity index is 1050. The van der Waals surface area contributed by atoms with Crippen LogP contribution in [0, 0.1) is 0 Å². The van der Waals surface area contributed by atoms with E-state index in [0.717, 1.165) is 52.6 Å². The number of carbonyl (C=O) groups excluding carboxylic acids is 1. The highest BCUT2D eigenvalue weighted by Crippen LogP contribution is 2.44. The van der Waals surface area contributed by atoms with Crippen LogP contribution in [0.4, 0.5) is 17.2 Å². The molecule has 1 saturated heterocycles. The summed E-state index contributed by atoms with van der Waals surface area (Å²) >= 11 is 0. The lowest BCUT2D eigenvalue weighted by Crippen LogP contribution is -2.24. The van der Waals surface area contributed by atoms with E-state index in [1.165, 1.54) is 0 Å². The van der Waals surface area contributed by atoms with E-state index in [-0.39, 0.29) is 12.0 Å². The van der Waals surface area contributed by atoms with Crippen LogP contribution in [-0.2, 0) is 4.79 Å². The van der Waals surface area contributed by atoms with Crippen molar-refractivity contribution in [1.82, 2.24) is 9.97 Å². The molecular weight excluding hydrogens is 352 g/mol. The van der Waals surface area contributed by atoms with Crippen LogP contribution in [0.3, 0.4) is 0 Å². The molecule has 6 nitrogen and oxygen atoms in total. The van der Waals surface area contributed by atoms with Gasteiger partial charge in [0.25, 0.3) is 0 Å². The van der Waals surface area contributed by atoms with Crippen molar-refractivity contribution in [3.05, 3.63) is 60.6 Å². The van der Waals surface area contributed by atoms with Gasteiger partial charge in [0, 0.05) is 53.8 Å². The van der Waals surface area contributed by atoms with Gasteiger partial charge in [-0.2, -0.15) is 0 Å². The molecule has 0 unspecified atom stereocenters. The molecule has 28 heavy (non-hydrogen) atoms.